The highest BCUT2D eigenvalue weighted by atomic mass is 32.1. The summed E-state index contributed by atoms with van der Waals surface area (Å²) in [5.41, 5.74) is 1.08. The van der Waals surface area contributed by atoms with Crippen molar-refractivity contribution < 1.29 is 14.4 Å². The van der Waals surface area contributed by atoms with Gasteiger partial charge in [-0.3, -0.25) is 9.36 Å². The van der Waals surface area contributed by atoms with Gasteiger partial charge in [0.1, 0.15) is 11.7 Å². The molecule has 144 valence electrons. The molecule has 1 saturated heterocycles. The van der Waals surface area contributed by atoms with E-state index in [1.165, 1.54) is 17.7 Å². The molecule has 2 fully saturated rings. The lowest BCUT2D eigenvalue weighted by molar-refractivity contribution is -0.930. The Morgan fingerprint density at radius 1 is 1.30 bits per heavy atom. The van der Waals surface area contributed by atoms with Crippen LogP contribution in [0.4, 0.5) is 0 Å². The molecule has 1 aromatic carbocycles. The topological polar surface area (TPSA) is 53.5 Å². The number of esters is 1. The summed E-state index contributed by atoms with van der Waals surface area (Å²) < 4.78 is 10.1. The van der Waals surface area contributed by atoms with Crippen molar-refractivity contribution in [3.05, 3.63) is 40.9 Å². The van der Waals surface area contributed by atoms with Crippen molar-refractivity contribution in [2.75, 3.05) is 19.7 Å². The molecule has 7 heteroatoms. The van der Waals surface area contributed by atoms with Crippen LogP contribution in [0.25, 0.3) is 5.69 Å². The van der Waals surface area contributed by atoms with Crippen LogP contribution in [-0.4, -0.2) is 40.0 Å². The van der Waals surface area contributed by atoms with Gasteiger partial charge in [0.15, 0.2) is 6.67 Å². The van der Waals surface area contributed by atoms with Crippen LogP contribution in [0.15, 0.2) is 30.3 Å². The molecule has 6 nitrogen and oxygen atoms in total. The summed E-state index contributed by atoms with van der Waals surface area (Å²) in [7, 11) is 0. The second-order valence-electron chi connectivity index (χ2n) is 7.54. The molecule has 0 bridgehead atoms. The predicted molar refractivity (Wildman–Crippen MR) is 104 cm³/mol. The number of hydrogen-bond acceptors (Lipinski definition) is 4. The highest BCUT2D eigenvalue weighted by Gasteiger charge is 2.33. The van der Waals surface area contributed by atoms with E-state index in [0.29, 0.717) is 19.2 Å². The first-order valence-corrected chi connectivity index (χ1v) is 10.3. The summed E-state index contributed by atoms with van der Waals surface area (Å²) in [6.07, 6.45) is 4.31. The Labute approximate surface area is 164 Å². The first-order chi connectivity index (χ1) is 13.2. The molecule has 2 aromatic rings. The van der Waals surface area contributed by atoms with E-state index in [2.05, 4.69) is 16.7 Å². The van der Waals surface area contributed by atoms with Gasteiger partial charge in [0.05, 0.1) is 19.7 Å². The molecule has 1 aliphatic carbocycles. The number of carbonyl (C=O) groups excluding carboxylic acids is 1. The zero-order valence-electron chi connectivity index (χ0n) is 15.8. The van der Waals surface area contributed by atoms with Crippen LogP contribution in [-0.2, 0) is 16.2 Å². The third kappa shape index (κ3) is 3.99. The summed E-state index contributed by atoms with van der Waals surface area (Å²) in [4.78, 5) is 13.5. The summed E-state index contributed by atoms with van der Waals surface area (Å²) in [5.74, 6) is 1.51. The Hall–Kier alpha value is -1.99. The standard InChI is InChI=1S/C20H26N4O2S/c1-2-26-19(25)16-7-6-12-22(13-16)14-23-20(27)24(17-8-4-3-5-9-17)18(21-23)15-10-11-15/h3-5,8-9,15-16H,2,6-7,10-14H2,1H3/p+1/t16-/m1/s1. The zero-order chi connectivity index (χ0) is 18.8. The molecule has 0 radical (unpaired) electrons. The molecule has 1 aromatic heterocycles. The third-order valence-corrected chi connectivity index (χ3v) is 5.83. The number of aromatic nitrogens is 3. The van der Waals surface area contributed by atoms with Gasteiger partial charge in [-0.25, -0.2) is 0 Å². The minimum absolute atomic E-state index is 0.0121. The van der Waals surface area contributed by atoms with Crippen LogP contribution < -0.4 is 4.90 Å². The number of carbonyl (C=O) groups is 1. The van der Waals surface area contributed by atoms with E-state index in [4.69, 9.17) is 22.1 Å². The Bertz CT molecular complexity index is 857. The van der Waals surface area contributed by atoms with Crippen LogP contribution >= 0.6 is 12.2 Å². The van der Waals surface area contributed by atoms with Gasteiger partial charge < -0.3 is 9.64 Å². The van der Waals surface area contributed by atoms with E-state index in [1.54, 1.807) is 0 Å². The smallest absolute Gasteiger partial charge is 0.314 e. The van der Waals surface area contributed by atoms with Crippen LogP contribution in [0.2, 0.25) is 0 Å². The van der Waals surface area contributed by atoms with Gasteiger partial charge >= 0.3 is 5.97 Å². The lowest BCUT2D eigenvalue weighted by Crippen LogP contribution is -3.13. The van der Waals surface area contributed by atoms with Gasteiger partial charge in [-0.05, 0) is 57.0 Å². The fraction of sp³-hybridized carbons (Fsp3) is 0.550. The van der Waals surface area contributed by atoms with Gasteiger partial charge in [0.25, 0.3) is 0 Å². The molecular formula is C20H27N4O2S+. The maximum atomic E-state index is 12.1. The van der Waals surface area contributed by atoms with E-state index in [1.807, 2.05) is 29.8 Å². The van der Waals surface area contributed by atoms with E-state index < -0.39 is 0 Å². The maximum Gasteiger partial charge on any atom is 0.314 e. The number of ether oxygens (including phenoxy) is 1. The van der Waals surface area contributed by atoms with Crippen molar-refractivity contribution in [1.82, 2.24) is 14.3 Å². The average Bonchev–Trinajstić information content (AvgIpc) is 3.48. The van der Waals surface area contributed by atoms with Crippen molar-refractivity contribution >= 4 is 18.2 Å². The lowest BCUT2D eigenvalue weighted by atomic mass is 9.99. The molecule has 4 rings (SSSR count). The van der Waals surface area contributed by atoms with Gasteiger partial charge in [-0.1, -0.05) is 18.2 Å². The van der Waals surface area contributed by atoms with Crippen LogP contribution in [0.1, 0.15) is 44.3 Å². The van der Waals surface area contributed by atoms with Crippen molar-refractivity contribution in [2.24, 2.45) is 5.92 Å². The minimum Gasteiger partial charge on any atom is -0.466 e. The average molecular weight is 388 g/mol. The minimum atomic E-state index is -0.0632. The molecular weight excluding hydrogens is 360 g/mol. The largest absolute Gasteiger partial charge is 0.466 e. The van der Waals surface area contributed by atoms with Gasteiger partial charge in [-0.2, -0.15) is 9.78 Å². The van der Waals surface area contributed by atoms with Crippen molar-refractivity contribution in [2.45, 2.75) is 45.2 Å². The second kappa shape index (κ2) is 7.94. The number of quaternary nitrogens is 1. The molecule has 2 aliphatic rings. The summed E-state index contributed by atoms with van der Waals surface area (Å²) in [6.45, 7) is 4.84. The molecule has 27 heavy (non-hydrogen) atoms. The third-order valence-electron chi connectivity index (χ3n) is 5.43. The molecule has 2 heterocycles. The highest BCUT2D eigenvalue weighted by Crippen LogP contribution is 2.40. The highest BCUT2D eigenvalue weighted by molar-refractivity contribution is 7.71. The van der Waals surface area contributed by atoms with E-state index in [9.17, 15) is 4.79 Å². The zero-order valence-corrected chi connectivity index (χ0v) is 16.6. The number of piperidine rings is 1. The van der Waals surface area contributed by atoms with Crippen LogP contribution in [0.5, 0.6) is 0 Å². The lowest BCUT2D eigenvalue weighted by Gasteiger charge is -2.28. The Morgan fingerprint density at radius 3 is 2.78 bits per heavy atom. The molecule has 1 unspecified atom stereocenters. The van der Waals surface area contributed by atoms with Crippen molar-refractivity contribution in [3.8, 4) is 5.69 Å². The van der Waals surface area contributed by atoms with Gasteiger partial charge in [0.2, 0.25) is 4.77 Å². The first kappa shape index (κ1) is 18.4. The molecule has 0 spiro atoms. The Morgan fingerprint density at radius 2 is 2.07 bits per heavy atom. The van der Waals surface area contributed by atoms with Gasteiger partial charge in [-0.15, -0.1) is 0 Å². The van der Waals surface area contributed by atoms with Crippen LogP contribution in [0.3, 0.4) is 0 Å². The molecule has 1 N–H and O–H groups in total. The summed E-state index contributed by atoms with van der Waals surface area (Å²) >= 11 is 5.79. The fourth-order valence-electron chi connectivity index (χ4n) is 3.92. The molecule has 1 aliphatic heterocycles. The predicted octanol–water partition coefficient (Wildman–Crippen LogP) is 2.10. The molecule has 0 amide bonds. The number of hydrogen-bond donors (Lipinski definition) is 1. The summed E-state index contributed by atoms with van der Waals surface area (Å²) in [5, 5.41) is 4.89. The van der Waals surface area contributed by atoms with E-state index in [0.717, 1.165) is 42.2 Å². The molecule has 1 saturated carbocycles. The number of benzene rings is 1. The number of likely N-dealkylation sites (tertiary alicyclic amines) is 1. The number of rotatable bonds is 6. The number of nitrogens with zero attached hydrogens (tertiary/aromatic N) is 3. The van der Waals surface area contributed by atoms with Crippen LogP contribution in [0, 0.1) is 10.7 Å². The van der Waals surface area contributed by atoms with Crippen molar-refractivity contribution in [1.29, 1.82) is 0 Å². The Kier molecular flexibility index (Phi) is 5.41. The maximum absolute atomic E-state index is 12.1. The second-order valence-corrected chi connectivity index (χ2v) is 7.90. The first-order valence-electron chi connectivity index (χ1n) is 9.92. The van der Waals surface area contributed by atoms with E-state index >= 15 is 0 Å². The summed E-state index contributed by atoms with van der Waals surface area (Å²) in [6, 6.07) is 10.2. The fourth-order valence-corrected chi connectivity index (χ4v) is 4.23. The quantitative estimate of drug-likeness (QED) is 0.609. The number of para-hydroxylation sites is 1. The normalized spacial score (nSPS) is 22.6. The van der Waals surface area contributed by atoms with E-state index in [-0.39, 0.29) is 11.9 Å². The van der Waals surface area contributed by atoms with Crippen molar-refractivity contribution in [3.63, 3.8) is 0 Å². The van der Waals surface area contributed by atoms with Gasteiger partial charge in [0, 0.05) is 11.6 Å². The monoisotopic (exact) mass is 387 g/mol. The number of nitrogens with one attached hydrogen (secondary N) is 1. The Balaban J connectivity index is 1.56. The molecule has 2 atom stereocenters. The SMILES string of the molecule is CCOC(=O)[C@@H]1CCC[NH+](Cn2nc(C3CC3)n(-c3ccccc3)c2=S)C1.